The van der Waals surface area contributed by atoms with Crippen molar-refractivity contribution in [1.82, 2.24) is 0 Å². The molecule has 0 saturated carbocycles. The van der Waals surface area contributed by atoms with E-state index >= 15 is 0 Å². The third-order valence-electron chi connectivity index (χ3n) is 0.768. The Labute approximate surface area is 49.4 Å². The van der Waals surface area contributed by atoms with Gasteiger partial charge in [-0.05, 0) is 19.1 Å². The maximum atomic E-state index is 4.82. The lowest BCUT2D eigenvalue weighted by Gasteiger charge is -2.03. The van der Waals surface area contributed by atoms with Crippen LogP contribution in [0.3, 0.4) is 0 Å². The molecule has 0 radical (unpaired) electrons. The molecule has 2 nitrogen and oxygen atoms in total. The lowest BCUT2D eigenvalue weighted by atomic mass is 10.3. The molecule has 0 unspecified atom stereocenters. The molecule has 0 aliphatic heterocycles. The number of thiol groups is 1. The Bertz CT molecular complexity index is 42.7. The van der Waals surface area contributed by atoms with Gasteiger partial charge in [-0.15, -0.1) is 0 Å². The summed E-state index contributed by atoms with van der Waals surface area (Å²) < 4.78 is 0. The Kier molecular flexibility index (Phi) is 4.60. The maximum absolute atomic E-state index is 4.82. The lowest BCUT2D eigenvalue weighted by Crippen LogP contribution is -2.12. The van der Waals surface area contributed by atoms with Crippen LogP contribution in [0.5, 0.6) is 0 Å². The molecule has 0 aliphatic carbocycles. The van der Waals surface area contributed by atoms with E-state index in [0.717, 1.165) is 12.2 Å². The molecule has 0 saturated heterocycles. The van der Waals surface area contributed by atoms with Gasteiger partial charge in [-0.1, -0.05) is 0 Å². The summed E-state index contributed by atoms with van der Waals surface area (Å²) >= 11 is 3.98. The van der Waals surface area contributed by atoms with E-state index in [1.54, 1.807) is 0 Å². The summed E-state index contributed by atoms with van der Waals surface area (Å²) in [5.74, 6) is 5.66. The average Bonchev–Trinajstić information content (AvgIpc) is 1.68. The molecule has 0 amide bonds. The van der Waals surface area contributed by atoms with E-state index in [1.807, 2.05) is 6.92 Å². The number of rotatable bonds is 3. The van der Waals surface area contributed by atoms with Crippen LogP contribution in [0.2, 0.25) is 0 Å². The molecule has 0 bridgehead atoms. The highest BCUT2D eigenvalue weighted by Crippen LogP contribution is 1.93. The zero-order valence-corrected chi connectivity index (χ0v) is 5.32. The topological polar surface area (TPSA) is 35.2 Å². The van der Waals surface area contributed by atoms with Gasteiger partial charge in [0, 0.05) is 0 Å². The highest BCUT2D eigenvalue weighted by molar-refractivity contribution is 7.80. The summed E-state index contributed by atoms with van der Waals surface area (Å²) in [6.45, 7) is 1.91. The minimum atomic E-state index is 0.150. The summed E-state index contributed by atoms with van der Waals surface area (Å²) in [7, 11) is 0. The van der Waals surface area contributed by atoms with Gasteiger partial charge in [0.15, 0.2) is 0 Å². The standard InChI is InChI=1S/C4H11NOS/c1-4(6-5)2-3-7/h4,7H,2-3,5H2,1H3/t4-/m1/s1. The largest absolute Gasteiger partial charge is 0.302 e. The smallest absolute Gasteiger partial charge is 0.0767 e. The molecule has 0 aromatic carbocycles. The summed E-state index contributed by atoms with van der Waals surface area (Å²) in [6.07, 6.45) is 1.07. The molecule has 3 heteroatoms. The van der Waals surface area contributed by atoms with E-state index in [-0.39, 0.29) is 6.10 Å². The van der Waals surface area contributed by atoms with Gasteiger partial charge in [-0.25, -0.2) is 5.90 Å². The summed E-state index contributed by atoms with van der Waals surface area (Å²) in [5.41, 5.74) is 0. The molecule has 0 fully saturated rings. The van der Waals surface area contributed by atoms with Gasteiger partial charge < -0.3 is 4.84 Å². The summed E-state index contributed by atoms with van der Waals surface area (Å²) in [6, 6.07) is 0. The van der Waals surface area contributed by atoms with Crippen molar-refractivity contribution in [3.63, 3.8) is 0 Å². The van der Waals surface area contributed by atoms with Crippen LogP contribution in [0.15, 0.2) is 0 Å². The molecular weight excluding hydrogens is 110 g/mol. The van der Waals surface area contributed by atoms with Crippen LogP contribution >= 0.6 is 12.6 Å². The Morgan fingerprint density at radius 3 is 2.57 bits per heavy atom. The molecule has 0 rings (SSSR count). The maximum Gasteiger partial charge on any atom is 0.0767 e. The Morgan fingerprint density at radius 1 is 1.86 bits per heavy atom. The molecule has 0 spiro atoms. The quantitative estimate of drug-likeness (QED) is 0.423. The van der Waals surface area contributed by atoms with E-state index < -0.39 is 0 Å². The van der Waals surface area contributed by atoms with Crippen molar-refractivity contribution < 1.29 is 4.84 Å². The third-order valence-corrected chi connectivity index (χ3v) is 1.03. The van der Waals surface area contributed by atoms with Gasteiger partial charge in [0.05, 0.1) is 6.10 Å². The van der Waals surface area contributed by atoms with Crippen LogP contribution in [0.1, 0.15) is 13.3 Å². The summed E-state index contributed by atoms with van der Waals surface area (Å²) in [4.78, 5) is 4.44. The first-order valence-corrected chi connectivity index (χ1v) is 2.91. The molecule has 0 aromatic rings. The van der Waals surface area contributed by atoms with Crippen molar-refractivity contribution in [3.05, 3.63) is 0 Å². The van der Waals surface area contributed by atoms with Crippen LogP contribution in [0, 0.1) is 0 Å². The van der Waals surface area contributed by atoms with Crippen molar-refractivity contribution in [2.24, 2.45) is 5.90 Å². The molecule has 0 aromatic heterocycles. The van der Waals surface area contributed by atoms with Crippen LogP contribution in [0.25, 0.3) is 0 Å². The second-order valence-corrected chi connectivity index (χ2v) is 1.91. The number of hydrogen-bond donors (Lipinski definition) is 2. The normalized spacial score (nSPS) is 14.1. The van der Waals surface area contributed by atoms with Crippen molar-refractivity contribution in [1.29, 1.82) is 0 Å². The van der Waals surface area contributed by atoms with Crippen LogP contribution in [0.4, 0.5) is 0 Å². The van der Waals surface area contributed by atoms with Crippen molar-refractivity contribution in [3.8, 4) is 0 Å². The highest BCUT2D eigenvalue weighted by atomic mass is 32.1. The Hall–Kier alpha value is 0.270. The van der Waals surface area contributed by atoms with Crippen molar-refractivity contribution >= 4 is 12.6 Å². The van der Waals surface area contributed by atoms with E-state index in [2.05, 4.69) is 17.5 Å². The van der Waals surface area contributed by atoms with E-state index in [9.17, 15) is 0 Å². The Balaban J connectivity index is 2.83. The molecule has 44 valence electrons. The van der Waals surface area contributed by atoms with Crippen molar-refractivity contribution in [2.75, 3.05) is 5.75 Å². The fourth-order valence-corrected chi connectivity index (χ4v) is 0.613. The second kappa shape index (κ2) is 4.43. The first-order chi connectivity index (χ1) is 3.31. The fourth-order valence-electron chi connectivity index (χ4n) is 0.250. The van der Waals surface area contributed by atoms with E-state index in [0.29, 0.717) is 0 Å². The first kappa shape index (κ1) is 7.27. The van der Waals surface area contributed by atoms with Crippen molar-refractivity contribution in [2.45, 2.75) is 19.4 Å². The molecular formula is C4H11NOS. The molecule has 1 atom stereocenters. The predicted molar refractivity (Wildman–Crippen MR) is 33.2 cm³/mol. The lowest BCUT2D eigenvalue weighted by molar-refractivity contribution is 0.0651. The van der Waals surface area contributed by atoms with Gasteiger partial charge in [0.1, 0.15) is 0 Å². The Morgan fingerprint density at radius 2 is 2.43 bits per heavy atom. The fraction of sp³-hybridized carbons (Fsp3) is 1.00. The van der Waals surface area contributed by atoms with Crippen LogP contribution in [-0.4, -0.2) is 11.9 Å². The minimum Gasteiger partial charge on any atom is -0.302 e. The molecule has 0 aliphatic rings. The number of nitrogens with two attached hydrogens (primary N) is 1. The molecule has 7 heavy (non-hydrogen) atoms. The van der Waals surface area contributed by atoms with Gasteiger partial charge in [0.2, 0.25) is 0 Å². The zero-order valence-electron chi connectivity index (χ0n) is 4.42. The SMILES string of the molecule is C[C@H](CCS)ON. The van der Waals surface area contributed by atoms with E-state index in [4.69, 9.17) is 5.90 Å². The van der Waals surface area contributed by atoms with Gasteiger partial charge in [-0.2, -0.15) is 12.6 Å². The first-order valence-electron chi connectivity index (χ1n) is 2.27. The second-order valence-electron chi connectivity index (χ2n) is 1.46. The van der Waals surface area contributed by atoms with E-state index in [1.165, 1.54) is 0 Å². The molecule has 0 heterocycles. The zero-order chi connectivity index (χ0) is 5.70. The van der Waals surface area contributed by atoms with Gasteiger partial charge >= 0.3 is 0 Å². The monoisotopic (exact) mass is 121 g/mol. The predicted octanol–water partition coefficient (Wildman–Crippen LogP) is 0.585. The van der Waals surface area contributed by atoms with Gasteiger partial charge in [-0.3, -0.25) is 0 Å². The average molecular weight is 121 g/mol. The minimum absolute atomic E-state index is 0.150. The highest BCUT2D eigenvalue weighted by Gasteiger charge is 1.94. The molecule has 2 N–H and O–H groups in total. The summed E-state index contributed by atoms with van der Waals surface area (Å²) in [5, 5.41) is 0. The van der Waals surface area contributed by atoms with Crippen LogP contribution < -0.4 is 5.90 Å². The van der Waals surface area contributed by atoms with Gasteiger partial charge in [0.25, 0.3) is 0 Å². The van der Waals surface area contributed by atoms with Crippen LogP contribution in [-0.2, 0) is 4.84 Å². The third kappa shape index (κ3) is 4.12. The number of hydrogen-bond acceptors (Lipinski definition) is 3.